The third-order valence-electron chi connectivity index (χ3n) is 3.47. The summed E-state index contributed by atoms with van der Waals surface area (Å²) in [6.45, 7) is 1.27. The van der Waals surface area contributed by atoms with Crippen molar-refractivity contribution in [3.05, 3.63) is 40.5 Å². The first kappa shape index (κ1) is 15.0. The Labute approximate surface area is 135 Å². The number of aromatic nitrogens is 2. The molecule has 0 N–H and O–H groups in total. The monoisotopic (exact) mass is 367 g/mol. The zero-order chi connectivity index (χ0) is 15.5. The molecule has 0 radical (unpaired) electrons. The lowest BCUT2D eigenvalue weighted by Crippen LogP contribution is -2.44. The van der Waals surface area contributed by atoms with Gasteiger partial charge in [0.2, 0.25) is 6.39 Å². The number of methoxy groups -OCH3 is 1. The van der Waals surface area contributed by atoms with Crippen LogP contribution in [0.1, 0.15) is 22.2 Å². The Bertz CT molecular complexity index is 662. The summed E-state index contributed by atoms with van der Waals surface area (Å²) < 4.78 is 16.1. The molecule has 1 aliphatic rings. The quantitative estimate of drug-likeness (QED) is 0.825. The van der Waals surface area contributed by atoms with Crippen LogP contribution in [-0.4, -0.2) is 47.8 Å². The molecule has 0 spiro atoms. The van der Waals surface area contributed by atoms with Crippen molar-refractivity contribution in [1.29, 1.82) is 0 Å². The number of rotatable bonds is 3. The lowest BCUT2D eigenvalue weighted by Gasteiger charge is -2.34. The van der Waals surface area contributed by atoms with Crippen molar-refractivity contribution in [1.82, 2.24) is 15.0 Å². The molecule has 2 aromatic rings. The molecule has 0 aliphatic carbocycles. The number of carbonyl (C=O) groups excluding carboxylic acids is 1. The predicted octanol–water partition coefficient (Wildman–Crippen LogP) is 2.05. The molecule has 1 fully saturated rings. The van der Waals surface area contributed by atoms with Crippen LogP contribution in [0.2, 0.25) is 0 Å². The smallest absolute Gasteiger partial charge is 0.255 e. The van der Waals surface area contributed by atoms with E-state index in [0.29, 0.717) is 41.4 Å². The normalized spacial score (nSPS) is 18.3. The van der Waals surface area contributed by atoms with E-state index >= 15 is 0 Å². The maximum atomic E-state index is 12.9. The Balaban J connectivity index is 1.92. The van der Waals surface area contributed by atoms with Gasteiger partial charge in [-0.1, -0.05) is 5.16 Å². The molecule has 1 atom stereocenters. The molecule has 1 saturated heterocycles. The first-order valence-electron chi connectivity index (χ1n) is 6.69. The molecule has 3 rings (SSSR count). The predicted molar refractivity (Wildman–Crippen MR) is 79.6 cm³/mol. The molecule has 0 unspecified atom stereocenters. The molecule has 0 bridgehead atoms. The Morgan fingerprint density at radius 2 is 2.36 bits per heavy atom. The molecule has 2 heterocycles. The van der Waals surface area contributed by atoms with Crippen LogP contribution in [0.4, 0.5) is 0 Å². The first-order valence-corrected chi connectivity index (χ1v) is 7.48. The topological polar surface area (TPSA) is 77.7 Å². The Morgan fingerprint density at radius 1 is 1.50 bits per heavy atom. The van der Waals surface area contributed by atoms with Gasteiger partial charge in [0.05, 0.1) is 25.9 Å². The highest BCUT2D eigenvalue weighted by Crippen LogP contribution is 2.28. The van der Waals surface area contributed by atoms with Gasteiger partial charge in [0, 0.05) is 11.0 Å². The zero-order valence-corrected chi connectivity index (χ0v) is 13.4. The van der Waals surface area contributed by atoms with Crippen molar-refractivity contribution in [2.75, 3.05) is 26.9 Å². The number of morpholine rings is 1. The standard InChI is InChI=1S/C14H14BrN3O4/c1-20-9-2-3-11(15)10(6-9)14(19)18-4-5-21-7-12(18)13-16-8-22-17-13/h2-3,6,8,12H,4-5,7H2,1H3/t12-/m1/s1. The van der Waals surface area contributed by atoms with Gasteiger partial charge in [0.1, 0.15) is 11.8 Å². The van der Waals surface area contributed by atoms with Gasteiger partial charge in [-0.05, 0) is 34.1 Å². The number of carbonyl (C=O) groups is 1. The van der Waals surface area contributed by atoms with Crippen LogP contribution < -0.4 is 4.74 Å². The van der Waals surface area contributed by atoms with Crippen molar-refractivity contribution in [3.63, 3.8) is 0 Å². The fourth-order valence-corrected chi connectivity index (χ4v) is 2.75. The minimum Gasteiger partial charge on any atom is -0.497 e. The molecule has 8 heteroatoms. The van der Waals surface area contributed by atoms with Crippen molar-refractivity contribution in [2.24, 2.45) is 0 Å². The summed E-state index contributed by atoms with van der Waals surface area (Å²) in [6.07, 6.45) is 1.24. The lowest BCUT2D eigenvalue weighted by atomic mass is 10.1. The average molecular weight is 368 g/mol. The Hall–Kier alpha value is -1.93. The minimum absolute atomic E-state index is 0.135. The molecule has 22 heavy (non-hydrogen) atoms. The fourth-order valence-electron chi connectivity index (χ4n) is 2.34. The van der Waals surface area contributed by atoms with Gasteiger partial charge >= 0.3 is 0 Å². The summed E-state index contributed by atoms with van der Waals surface area (Å²) in [5.41, 5.74) is 0.523. The molecule has 0 saturated carbocycles. The van der Waals surface area contributed by atoms with Crippen molar-refractivity contribution < 1.29 is 18.8 Å². The van der Waals surface area contributed by atoms with Gasteiger partial charge in [-0.2, -0.15) is 4.98 Å². The van der Waals surface area contributed by atoms with E-state index in [1.807, 2.05) is 0 Å². The van der Waals surface area contributed by atoms with Crippen LogP contribution in [0.25, 0.3) is 0 Å². The number of ether oxygens (including phenoxy) is 2. The van der Waals surface area contributed by atoms with Crippen LogP contribution in [-0.2, 0) is 4.74 Å². The van der Waals surface area contributed by atoms with E-state index in [4.69, 9.17) is 14.0 Å². The van der Waals surface area contributed by atoms with E-state index in [9.17, 15) is 4.79 Å². The van der Waals surface area contributed by atoms with E-state index in [1.165, 1.54) is 6.39 Å². The van der Waals surface area contributed by atoms with Crippen LogP contribution in [0, 0.1) is 0 Å². The molecule has 116 valence electrons. The molecule has 1 amide bonds. The number of hydrogen-bond donors (Lipinski definition) is 0. The molecule has 7 nitrogen and oxygen atoms in total. The van der Waals surface area contributed by atoms with Crippen LogP contribution in [0.3, 0.4) is 0 Å². The molecular weight excluding hydrogens is 354 g/mol. The number of hydrogen-bond acceptors (Lipinski definition) is 6. The molecular formula is C14H14BrN3O4. The number of nitrogens with zero attached hydrogens (tertiary/aromatic N) is 3. The summed E-state index contributed by atoms with van der Waals surface area (Å²) >= 11 is 3.41. The second-order valence-corrected chi connectivity index (χ2v) is 5.58. The highest BCUT2D eigenvalue weighted by atomic mass is 79.9. The van der Waals surface area contributed by atoms with Crippen molar-refractivity contribution in [3.8, 4) is 5.75 Å². The summed E-state index contributed by atoms with van der Waals surface area (Å²) in [5, 5.41) is 3.83. The number of benzene rings is 1. The summed E-state index contributed by atoms with van der Waals surface area (Å²) in [7, 11) is 1.56. The number of amides is 1. The van der Waals surface area contributed by atoms with Gasteiger partial charge in [-0.25, -0.2) is 0 Å². The van der Waals surface area contributed by atoms with Crippen molar-refractivity contribution >= 4 is 21.8 Å². The van der Waals surface area contributed by atoms with Crippen molar-refractivity contribution in [2.45, 2.75) is 6.04 Å². The van der Waals surface area contributed by atoms with Gasteiger partial charge in [0.25, 0.3) is 5.91 Å². The third-order valence-corrected chi connectivity index (χ3v) is 4.16. The average Bonchev–Trinajstić information content (AvgIpc) is 3.09. The van der Waals surface area contributed by atoms with Gasteiger partial charge in [-0.3, -0.25) is 4.79 Å². The number of halogens is 1. The summed E-state index contributed by atoms with van der Waals surface area (Å²) in [4.78, 5) is 18.6. The van der Waals surface area contributed by atoms with Crippen LogP contribution in [0.15, 0.2) is 33.6 Å². The van der Waals surface area contributed by atoms with Gasteiger partial charge < -0.3 is 18.9 Å². The molecule has 1 aromatic heterocycles. The van der Waals surface area contributed by atoms with Crippen LogP contribution in [0.5, 0.6) is 5.75 Å². The van der Waals surface area contributed by atoms with Crippen LogP contribution >= 0.6 is 15.9 Å². The highest BCUT2D eigenvalue weighted by molar-refractivity contribution is 9.10. The first-order chi connectivity index (χ1) is 10.7. The maximum Gasteiger partial charge on any atom is 0.255 e. The summed E-state index contributed by atoms with van der Waals surface area (Å²) in [6, 6.07) is 4.92. The Kier molecular flexibility index (Phi) is 4.39. The maximum absolute atomic E-state index is 12.9. The van der Waals surface area contributed by atoms with E-state index < -0.39 is 0 Å². The van der Waals surface area contributed by atoms with E-state index in [0.717, 1.165) is 0 Å². The second kappa shape index (κ2) is 6.45. The molecule has 1 aliphatic heterocycles. The van der Waals surface area contributed by atoms with Gasteiger partial charge in [-0.15, -0.1) is 0 Å². The minimum atomic E-state index is -0.363. The lowest BCUT2D eigenvalue weighted by molar-refractivity contribution is -0.00583. The fraction of sp³-hybridized carbons (Fsp3) is 0.357. The molecule has 1 aromatic carbocycles. The highest BCUT2D eigenvalue weighted by Gasteiger charge is 2.33. The van der Waals surface area contributed by atoms with E-state index in [-0.39, 0.29) is 11.9 Å². The van der Waals surface area contributed by atoms with Gasteiger partial charge in [0.15, 0.2) is 5.82 Å². The largest absolute Gasteiger partial charge is 0.497 e. The van der Waals surface area contributed by atoms with E-state index in [1.54, 1.807) is 30.2 Å². The second-order valence-electron chi connectivity index (χ2n) is 4.72. The van der Waals surface area contributed by atoms with E-state index in [2.05, 4.69) is 26.1 Å². The Morgan fingerprint density at radius 3 is 3.09 bits per heavy atom. The zero-order valence-electron chi connectivity index (χ0n) is 11.9. The SMILES string of the molecule is COc1ccc(Br)c(C(=O)N2CCOC[C@@H]2c2ncon2)c1. The summed E-state index contributed by atoms with van der Waals surface area (Å²) in [5.74, 6) is 0.923. The third kappa shape index (κ3) is 2.84.